The zero-order valence-electron chi connectivity index (χ0n) is 13.6. The van der Waals surface area contributed by atoms with E-state index >= 15 is 0 Å². The van der Waals surface area contributed by atoms with Crippen LogP contribution in [0.2, 0.25) is 0 Å². The molecule has 0 radical (unpaired) electrons. The third-order valence-corrected chi connectivity index (χ3v) is 4.52. The van der Waals surface area contributed by atoms with Crippen LogP contribution >= 0.6 is 11.8 Å². The van der Waals surface area contributed by atoms with E-state index < -0.39 is 0 Å². The fourth-order valence-corrected chi connectivity index (χ4v) is 2.96. The average Bonchev–Trinajstić information content (AvgIpc) is 3.09. The van der Waals surface area contributed by atoms with Crippen LogP contribution in [-0.4, -0.2) is 26.3 Å². The second-order valence-electron chi connectivity index (χ2n) is 5.41. The van der Waals surface area contributed by atoms with E-state index in [-0.39, 0.29) is 17.0 Å². The molecule has 7 heteroatoms. The van der Waals surface area contributed by atoms with Crippen molar-refractivity contribution in [1.29, 1.82) is 0 Å². The fourth-order valence-electron chi connectivity index (χ4n) is 2.21. The number of nitrogens with one attached hydrogen (secondary N) is 2. The summed E-state index contributed by atoms with van der Waals surface area (Å²) < 4.78 is 13.8. The van der Waals surface area contributed by atoms with Crippen LogP contribution in [0.25, 0.3) is 11.4 Å². The molecule has 0 aliphatic carbocycles. The van der Waals surface area contributed by atoms with E-state index in [0.29, 0.717) is 23.1 Å². The Morgan fingerprint density at radius 1 is 1.20 bits per heavy atom. The molecule has 1 aromatic heterocycles. The molecular weight excluding hydrogens is 339 g/mol. The van der Waals surface area contributed by atoms with Gasteiger partial charge in [-0.1, -0.05) is 54.2 Å². The maximum absolute atomic E-state index is 13.8. The summed E-state index contributed by atoms with van der Waals surface area (Å²) in [5.74, 6) is -0.132. The number of hydrogen-bond donors (Lipinski definition) is 2. The minimum Gasteiger partial charge on any atom is -0.351 e. The first-order valence-corrected chi connectivity index (χ1v) is 8.67. The van der Waals surface area contributed by atoms with Crippen LogP contribution in [0.1, 0.15) is 12.5 Å². The van der Waals surface area contributed by atoms with Crippen LogP contribution in [0.4, 0.5) is 4.39 Å². The van der Waals surface area contributed by atoms with Gasteiger partial charge in [-0.25, -0.2) is 9.37 Å². The van der Waals surface area contributed by atoms with Gasteiger partial charge in [-0.2, -0.15) is 0 Å². The number of thioether (sulfide) groups is 1. The second-order valence-corrected chi connectivity index (χ2v) is 6.72. The number of amides is 1. The number of aromatic amines is 1. The predicted octanol–water partition coefficient (Wildman–Crippen LogP) is 3.41. The van der Waals surface area contributed by atoms with Gasteiger partial charge < -0.3 is 5.32 Å². The van der Waals surface area contributed by atoms with Crippen molar-refractivity contribution in [1.82, 2.24) is 20.5 Å². The number of carbonyl (C=O) groups excluding carboxylic acids is 1. The van der Waals surface area contributed by atoms with Crippen molar-refractivity contribution in [3.05, 3.63) is 66.0 Å². The van der Waals surface area contributed by atoms with Gasteiger partial charge in [0.25, 0.3) is 0 Å². The Bertz CT molecular complexity index is 853. The molecule has 128 valence electrons. The van der Waals surface area contributed by atoms with Crippen LogP contribution in [0.15, 0.2) is 59.8 Å². The van der Waals surface area contributed by atoms with Crippen molar-refractivity contribution in [3.8, 4) is 11.4 Å². The molecule has 0 spiro atoms. The third kappa shape index (κ3) is 4.45. The zero-order valence-corrected chi connectivity index (χ0v) is 14.4. The van der Waals surface area contributed by atoms with Crippen LogP contribution in [0.5, 0.6) is 0 Å². The van der Waals surface area contributed by atoms with E-state index in [0.717, 1.165) is 5.56 Å². The summed E-state index contributed by atoms with van der Waals surface area (Å²) in [5, 5.41) is 9.68. The van der Waals surface area contributed by atoms with Crippen LogP contribution in [0.3, 0.4) is 0 Å². The predicted molar refractivity (Wildman–Crippen MR) is 95.4 cm³/mol. The van der Waals surface area contributed by atoms with E-state index in [2.05, 4.69) is 20.5 Å². The van der Waals surface area contributed by atoms with E-state index in [4.69, 9.17) is 0 Å². The van der Waals surface area contributed by atoms with E-state index in [9.17, 15) is 9.18 Å². The van der Waals surface area contributed by atoms with E-state index in [1.54, 1.807) is 25.1 Å². The van der Waals surface area contributed by atoms with Gasteiger partial charge in [0.05, 0.1) is 10.8 Å². The van der Waals surface area contributed by atoms with Gasteiger partial charge in [-0.3, -0.25) is 9.89 Å². The Kier molecular flexibility index (Phi) is 5.45. The topological polar surface area (TPSA) is 70.7 Å². The lowest BCUT2D eigenvalue weighted by Crippen LogP contribution is -2.30. The Hall–Kier alpha value is -2.67. The van der Waals surface area contributed by atoms with Crippen LogP contribution in [0, 0.1) is 5.82 Å². The Morgan fingerprint density at radius 3 is 2.68 bits per heavy atom. The summed E-state index contributed by atoms with van der Waals surface area (Å²) in [6.45, 7) is 2.25. The summed E-state index contributed by atoms with van der Waals surface area (Å²) in [7, 11) is 0. The second kappa shape index (κ2) is 7.94. The van der Waals surface area contributed by atoms with Gasteiger partial charge >= 0.3 is 0 Å². The SMILES string of the molecule is C[C@H](Sc1n[nH]c(-c2ccccc2F)n1)C(=O)NCc1ccccc1. The summed E-state index contributed by atoms with van der Waals surface area (Å²) in [6.07, 6.45) is 0. The molecule has 3 rings (SSSR count). The van der Waals surface area contributed by atoms with Crippen molar-refractivity contribution < 1.29 is 9.18 Å². The van der Waals surface area contributed by atoms with Crippen LogP contribution in [-0.2, 0) is 11.3 Å². The van der Waals surface area contributed by atoms with Crippen molar-refractivity contribution in [2.45, 2.75) is 23.9 Å². The lowest BCUT2D eigenvalue weighted by molar-refractivity contribution is -0.120. The van der Waals surface area contributed by atoms with Gasteiger partial charge in [0.15, 0.2) is 5.82 Å². The van der Waals surface area contributed by atoms with Crippen molar-refractivity contribution in [2.75, 3.05) is 0 Å². The normalized spacial score (nSPS) is 11.9. The fraction of sp³-hybridized carbons (Fsp3) is 0.167. The molecule has 0 aliphatic heterocycles. The summed E-state index contributed by atoms with van der Waals surface area (Å²) in [5.41, 5.74) is 1.39. The number of rotatable bonds is 6. The first kappa shape index (κ1) is 17.2. The van der Waals surface area contributed by atoms with Crippen LogP contribution < -0.4 is 5.32 Å². The quantitative estimate of drug-likeness (QED) is 0.664. The average molecular weight is 356 g/mol. The van der Waals surface area contributed by atoms with E-state index in [1.165, 1.54) is 17.8 Å². The number of aromatic nitrogens is 3. The summed E-state index contributed by atoms with van der Waals surface area (Å²) >= 11 is 1.22. The Balaban J connectivity index is 1.59. The maximum atomic E-state index is 13.8. The highest BCUT2D eigenvalue weighted by atomic mass is 32.2. The Labute approximate surface area is 149 Å². The van der Waals surface area contributed by atoms with Crippen molar-refractivity contribution in [3.63, 3.8) is 0 Å². The molecule has 0 saturated carbocycles. The molecule has 5 nitrogen and oxygen atoms in total. The summed E-state index contributed by atoms with van der Waals surface area (Å²) in [6, 6.07) is 16.0. The molecule has 1 amide bonds. The first-order chi connectivity index (χ1) is 12.1. The molecule has 1 atom stereocenters. The highest BCUT2D eigenvalue weighted by Crippen LogP contribution is 2.24. The zero-order chi connectivity index (χ0) is 17.6. The third-order valence-electron chi connectivity index (χ3n) is 3.55. The summed E-state index contributed by atoms with van der Waals surface area (Å²) in [4.78, 5) is 16.5. The Morgan fingerprint density at radius 2 is 1.92 bits per heavy atom. The highest BCUT2D eigenvalue weighted by Gasteiger charge is 2.18. The molecule has 0 saturated heterocycles. The van der Waals surface area contributed by atoms with Gasteiger partial charge in [0, 0.05) is 6.54 Å². The largest absolute Gasteiger partial charge is 0.351 e. The maximum Gasteiger partial charge on any atom is 0.233 e. The standard InChI is InChI=1S/C18H17FN4OS/c1-12(17(24)20-11-13-7-3-2-4-8-13)25-18-21-16(22-23-18)14-9-5-6-10-15(14)19/h2-10,12H,11H2,1H3,(H,20,24)(H,21,22,23)/t12-/m0/s1. The number of hydrogen-bond acceptors (Lipinski definition) is 4. The molecule has 25 heavy (non-hydrogen) atoms. The lowest BCUT2D eigenvalue weighted by Gasteiger charge is -2.10. The molecule has 2 aromatic carbocycles. The molecule has 2 N–H and O–H groups in total. The highest BCUT2D eigenvalue weighted by molar-refractivity contribution is 8.00. The minimum atomic E-state index is -0.371. The van der Waals surface area contributed by atoms with Gasteiger partial charge in [0.1, 0.15) is 5.82 Å². The molecule has 0 aliphatic rings. The molecule has 3 aromatic rings. The van der Waals surface area contributed by atoms with Crippen molar-refractivity contribution >= 4 is 17.7 Å². The lowest BCUT2D eigenvalue weighted by atomic mass is 10.2. The molecule has 0 unspecified atom stereocenters. The van der Waals surface area contributed by atoms with Gasteiger partial charge in [0.2, 0.25) is 11.1 Å². The first-order valence-electron chi connectivity index (χ1n) is 7.79. The van der Waals surface area contributed by atoms with Crippen molar-refractivity contribution in [2.24, 2.45) is 0 Å². The number of H-pyrrole nitrogens is 1. The number of halogens is 1. The molecule has 0 fully saturated rings. The molecule has 1 heterocycles. The number of benzene rings is 2. The molecular formula is C18H17FN4OS. The minimum absolute atomic E-state index is 0.105. The molecule has 0 bridgehead atoms. The van der Waals surface area contributed by atoms with Gasteiger partial charge in [-0.15, -0.1) is 5.10 Å². The van der Waals surface area contributed by atoms with E-state index in [1.807, 2.05) is 30.3 Å². The smallest absolute Gasteiger partial charge is 0.233 e. The number of carbonyl (C=O) groups is 1. The van der Waals surface area contributed by atoms with Gasteiger partial charge in [-0.05, 0) is 24.6 Å². The monoisotopic (exact) mass is 356 g/mol. The number of nitrogens with zero attached hydrogens (tertiary/aromatic N) is 2.